The third-order valence-electron chi connectivity index (χ3n) is 5.71. The van der Waals surface area contributed by atoms with Gasteiger partial charge in [0, 0.05) is 18.2 Å². The van der Waals surface area contributed by atoms with Gasteiger partial charge in [0.2, 0.25) is 9.84 Å². The molecule has 1 unspecified atom stereocenters. The number of nitrogens with one attached hydrogen (secondary N) is 1. The van der Waals surface area contributed by atoms with Crippen LogP contribution in [0.15, 0.2) is 51.4 Å². The van der Waals surface area contributed by atoms with Gasteiger partial charge in [0.15, 0.2) is 0 Å². The van der Waals surface area contributed by atoms with E-state index >= 15 is 0 Å². The standard InChI is InChI=1S/C21H21ClN6O4S/c1-13-20(22)18(26-25-13)12-28-21(29)17-6-5-15(8-14(17)9-23-28)33(30,31)16-10-24-27(11-16)19-4-2-3-7-32-19/h5-6,8-11,19H,2-4,7,12H2,1H3,(H,25,26). The largest absolute Gasteiger partial charge is 0.357 e. The van der Waals surface area contributed by atoms with Crippen molar-refractivity contribution in [3.8, 4) is 0 Å². The molecule has 1 aliphatic heterocycles. The van der Waals surface area contributed by atoms with Crippen LogP contribution in [0.3, 0.4) is 0 Å². The molecular weight excluding hydrogens is 468 g/mol. The van der Waals surface area contributed by atoms with E-state index in [1.807, 2.05) is 0 Å². The van der Waals surface area contributed by atoms with E-state index in [1.165, 1.54) is 41.5 Å². The summed E-state index contributed by atoms with van der Waals surface area (Å²) in [6.07, 6.45) is 6.80. The van der Waals surface area contributed by atoms with E-state index in [0.717, 1.165) is 19.3 Å². The maximum atomic E-state index is 13.2. The van der Waals surface area contributed by atoms with Crippen LogP contribution in [0.5, 0.6) is 0 Å². The summed E-state index contributed by atoms with van der Waals surface area (Å²) in [6.45, 7) is 2.51. The monoisotopic (exact) mass is 488 g/mol. The molecule has 0 amide bonds. The third kappa shape index (κ3) is 3.96. The van der Waals surface area contributed by atoms with Crippen LogP contribution in [0.2, 0.25) is 5.02 Å². The molecule has 1 aliphatic rings. The molecule has 1 N–H and O–H groups in total. The number of hydrogen-bond donors (Lipinski definition) is 1. The zero-order chi connectivity index (χ0) is 23.2. The van der Waals surface area contributed by atoms with E-state index in [1.54, 1.807) is 11.6 Å². The second-order valence-electron chi connectivity index (χ2n) is 7.95. The third-order valence-corrected chi connectivity index (χ3v) is 7.92. The maximum Gasteiger partial charge on any atom is 0.274 e. The van der Waals surface area contributed by atoms with Gasteiger partial charge in [-0.3, -0.25) is 9.89 Å². The van der Waals surface area contributed by atoms with E-state index in [9.17, 15) is 13.2 Å². The number of rotatable bonds is 5. The predicted octanol–water partition coefficient (Wildman–Crippen LogP) is 2.86. The molecule has 172 valence electrons. The molecule has 12 heteroatoms. The van der Waals surface area contributed by atoms with Crippen molar-refractivity contribution in [2.24, 2.45) is 0 Å². The van der Waals surface area contributed by atoms with Crippen molar-refractivity contribution >= 4 is 32.2 Å². The Hall–Kier alpha value is -3.02. The van der Waals surface area contributed by atoms with Crippen molar-refractivity contribution in [3.05, 3.63) is 63.6 Å². The second-order valence-corrected chi connectivity index (χ2v) is 10.3. The van der Waals surface area contributed by atoms with Crippen molar-refractivity contribution in [1.29, 1.82) is 0 Å². The molecule has 33 heavy (non-hydrogen) atoms. The summed E-state index contributed by atoms with van der Waals surface area (Å²) in [6, 6.07) is 4.36. The number of aromatic amines is 1. The van der Waals surface area contributed by atoms with Crippen molar-refractivity contribution in [2.45, 2.75) is 48.7 Å². The minimum absolute atomic E-state index is 0.0593. The van der Waals surface area contributed by atoms with Gasteiger partial charge in [-0.2, -0.15) is 15.3 Å². The fourth-order valence-corrected chi connectivity index (χ4v) is 5.22. The van der Waals surface area contributed by atoms with Gasteiger partial charge in [-0.15, -0.1) is 0 Å². The topological polar surface area (TPSA) is 125 Å². The van der Waals surface area contributed by atoms with Gasteiger partial charge in [0.25, 0.3) is 5.56 Å². The number of benzene rings is 1. The van der Waals surface area contributed by atoms with Crippen LogP contribution in [0.4, 0.5) is 0 Å². The molecule has 1 saturated heterocycles. The van der Waals surface area contributed by atoms with Gasteiger partial charge in [-0.05, 0) is 44.4 Å². The summed E-state index contributed by atoms with van der Waals surface area (Å²) in [7, 11) is -3.83. The molecular formula is C21H21ClN6O4S. The number of hydrogen-bond acceptors (Lipinski definition) is 7. The Kier molecular flexibility index (Phi) is 5.55. The van der Waals surface area contributed by atoms with E-state index in [2.05, 4.69) is 20.4 Å². The summed E-state index contributed by atoms with van der Waals surface area (Å²) in [5.41, 5.74) is 0.838. The van der Waals surface area contributed by atoms with E-state index in [4.69, 9.17) is 16.3 Å². The lowest BCUT2D eigenvalue weighted by Crippen LogP contribution is -2.23. The molecule has 10 nitrogen and oxygen atoms in total. The van der Waals surface area contributed by atoms with Crippen LogP contribution in [-0.2, 0) is 21.1 Å². The Balaban J connectivity index is 1.46. The lowest BCUT2D eigenvalue weighted by Gasteiger charge is -2.22. The molecule has 0 saturated carbocycles. The Morgan fingerprint density at radius 3 is 2.79 bits per heavy atom. The summed E-state index contributed by atoms with van der Waals surface area (Å²) in [5, 5.41) is 16.5. The first-order valence-corrected chi connectivity index (χ1v) is 12.3. The average molecular weight is 489 g/mol. The molecule has 0 spiro atoms. The van der Waals surface area contributed by atoms with Gasteiger partial charge in [0.1, 0.15) is 16.8 Å². The highest BCUT2D eigenvalue weighted by atomic mass is 35.5. The number of aryl methyl sites for hydroxylation is 1. The number of H-pyrrole nitrogens is 1. The lowest BCUT2D eigenvalue weighted by atomic mass is 10.2. The number of sulfone groups is 1. The van der Waals surface area contributed by atoms with Crippen molar-refractivity contribution < 1.29 is 13.2 Å². The number of fused-ring (bicyclic) bond motifs is 1. The predicted molar refractivity (Wildman–Crippen MR) is 120 cm³/mol. The summed E-state index contributed by atoms with van der Waals surface area (Å²) in [4.78, 5) is 13.0. The zero-order valence-electron chi connectivity index (χ0n) is 17.7. The average Bonchev–Trinajstić information content (AvgIpc) is 3.45. The second kappa shape index (κ2) is 8.40. The minimum atomic E-state index is -3.83. The van der Waals surface area contributed by atoms with Crippen LogP contribution in [0, 0.1) is 6.92 Å². The Labute approximate surface area is 194 Å². The Morgan fingerprint density at radius 1 is 1.21 bits per heavy atom. The molecule has 0 radical (unpaired) electrons. The molecule has 5 rings (SSSR count). The van der Waals surface area contributed by atoms with Crippen molar-refractivity contribution in [2.75, 3.05) is 6.61 Å². The molecule has 1 atom stereocenters. The van der Waals surface area contributed by atoms with Gasteiger partial charge < -0.3 is 4.74 Å². The SMILES string of the molecule is Cc1[nH]nc(Cn2ncc3cc(S(=O)(=O)c4cnn(C5CCCCO5)c4)ccc3c2=O)c1Cl. The first-order chi connectivity index (χ1) is 15.8. The highest BCUT2D eigenvalue weighted by Gasteiger charge is 2.24. The van der Waals surface area contributed by atoms with Crippen molar-refractivity contribution in [1.82, 2.24) is 29.8 Å². The number of halogens is 1. The van der Waals surface area contributed by atoms with Gasteiger partial charge in [-0.1, -0.05) is 11.6 Å². The molecule has 0 aliphatic carbocycles. The number of ether oxygens (including phenoxy) is 1. The first-order valence-electron chi connectivity index (χ1n) is 10.4. The Bertz CT molecular complexity index is 1500. The highest BCUT2D eigenvalue weighted by Crippen LogP contribution is 2.27. The van der Waals surface area contributed by atoms with Crippen LogP contribution in [0.1, 0.15) is 36.9 Å². The molecule has 1 aromatic carbocycles. The first kappa shape index (κ1) is 21.8. The lowest BCUT2D eigenvalue weighted by molar-refractivity contribution is -0.0396. The van der Waals surface area contributed by atoms with E-state index < -0.39 is 9.84 Å². The quantitative estimate of drug-likeness (QED) is 0.458. The minimum Gasteiger partial charge on any atom is -0.357 e. The zero-order valence-corrected chi connectivity index (χ0v) is 19.3. The van der Waals surface area contributed by atoms with E-state index in [0.29, 0.717) is 33.8 Å². The number of nitrogens with zero attached hydrogens (tertiary/aromatic N) is 5. The van der Waals surface area contributed by atoms with Crippen molar-refractivity contribution in [3.63, 3.8) is 0 Å². The molecule has 4 aromatic rings. The maximum absolute atomic E-state index is 13.2. The fourth-order valence-electron chi connectivity index (χ4n) is 3.84. The summed E-state index contributed by atoms with van der Waals surface area (Å²) >= 11 is 6.19. The summed E-state index contributed by atoms with van der Waals surface area (Å²) in [5.74, 6) is 0. The normalized spacial score (nSPS) is 17.0. The van der Waals surface area contributed by atoms with Gasteiger partial charge >= 0.3 is 0 Å². The Morgan fingerprint density at radius 2 is 2.06 bits per heavy atom. The fraction of sp³-hybridized carbons (Fsp3) is 0.333. The molecule has 3 aromatic heterocycles. The van der Waals surface area contributed by atoms with Crippen LogP contribution < -0.4 is 5.56 Å². The molecule has 4 heterocycles. The van der Waals surface area contributed by atoms with Crippen LogP contribution in [-0.4, -0.2) is 44.8 Å². The highest BCUT2D eigenvalue weighted by molar-refractivity contribution is 7.91. The van der Waals surface area contributed by atoms with E-state index in [-0.39, 0.29) is 28.1 Å². The van der Waals surface area contributed by atoms with Crippen LogP contribution in [0.25, 0.3) is 10.8 Å². The van der Waals surface area contributed by atoms with Crippen LogP contribution >= 0.6 is 11.6 Å². The molecule has 1 fully saturated rings. The van der Waals surface area contributed by atoms with Gasteiger partial charge in [0.05, 0.1) is 39.9 Å². The van der Waals surface area contributed by atoms with Gasteiger partial charge in [-0.25, -0.2) is 17.8 Å². The number of aromatic nitrogens is 6. The molecule has 0 bridgehead atoms. The smallest absolute Gasteiger partial charge is 0.274 e. The summed E-state index contributed by atoms with van der Waals surface area (Å²) < 4.78 is 34.8.